The summed E-state index contributed by atoms with van der Waals surface area (Å²) in [7, 11) is 0. The first-order valence-electron chi connectivity index (χ1n) is 9.73. The van der Waals surface area contributed by atoms with Crippen LogP contribution in [0.15, 0.2) is 29.1 Å². The summed E-state index contributed by atoms with van der Waals surface area (Å²) in [5.74, 6) is 1.37. The second kappa shape index (κ2) is 6.76. The lowest BCUT2D eigenvalue weighted by Gasteiger charge is -2.25. The third-order valence-electron chi connectivity index (χ3n) is 5.75. The van der Waals surface area contributed by atoms with E-state index >= 15 is 0 Å². The molecular formula is C20H20F3N3O3. The van der Waals surface area contributed by atoms with Crippen molar-refractivity contribution in [2.24, 2.45) is 0 Å². The van der Waals surface area contributed by atoms with Gasteiger partial charge in [0, 0.05) is 18.5 Å². The van der Waals surface area contributed by atoms with Gasteiger partial charge in [0.15, 0.2) is 11.5 Å². The fourth-order valence-corrected chi connectivity index (χ4v) is 4.11. The molecule has 0 spiro atoms. The van der Waals surface area contributed by atoms with Crippen molar-refractivity contribution in [3.05, 3.63) is 51.4 Å². The first-order valence-corrected chi connectivity index (χ1v) is 9.73. The highest BCUT2D eigenvalue weighted by Crippen LogP contribution is 2.41. The molecule has 9 heteroatoms. The minimum atomic E-state index is -4.69. The maximum Gasteiger partial charge on any atom is 0.421 e. The van der Waals surface area contributed by atoms with Gasteiger partial charge in [0.25, 0.3) is 5.56 Å². The van der Waals surface area contributed by atoms with Crippen molar-refractivity contribution in [3.63, 3.8) is 0 Å². The quantitative estimate of drug-likeness (QED) is 0.774. The molecule has 2 fully saturated rings. The molecule has 3 heterocycles. The highest BCUT2D eigenvalue weighted by molar-refractivity contribution is 5.45. The monoisotopic (exact) mass is 407 g/mol. The molecule has 2 aromatic rings. The second-order valence-electron chi connectivity index (χ2n) is 7.78. The zero-order valence-electron chi connectivity index (χ0n) is 15.6. The Bertz CT molecular complexity index is 1000. The zero-order valence-corrected chi connectivity index (χ0v) is 15.6. The molecule has 1 aromatic heterocycles. The molecular weight excluding hydrogens is 387 g/mol. The van der Waals surface area contributed by atoms with E-state index < -0.39 is 17.3 Å². The minimum Gasteiger partial charge on any atom is -0.454 e. The average molecular weight is 407 g/mol. The van der Waals surface area contributed by atoms with E-state index in [-0.39, 0.29) is 25.4 Å². The highest BCUT2D eigenvalue weighted by atomic mass is 19.4. The minimum absolute atomic E-state index is 0.0166. The number of hydrogen-bond acceptors (Lipinski definition) is 5. The number of halogens is 3. The highest BCUT2D eigenvalue weighted by Gasteiger charge is 2.38. The van der Waals surface area contributed by atoms with Crippen molar-refractivity contribution in [2.75, 3.05) is 13.3 Å². The first kappa shape index (κ1) is 18.5. The standard InChI is InChI=1S/C20H20F3N3O3/c21-20(22,23)14-9-15(12-3-4-12)24-26(19(14)27)10-25-7-1-2-16(25)13-5-6-17-18(8-13)29-11-28-17/h5-6,8-9,12,16H,1-4,7,10-11H2. The number of benzene rings is 1. The Balaban J connectivity index is 1.46. The van der Waals surface area contributed by atoms with Gasteiger partial charge in [-0.25, -0.2) is 4.68 Å². The van der Waals surface area contributed by atoms with Gasteiger partial charge in [-0.1, -0.05) is 6.07 Å². The summed E-state index contributed by atoms with van der Waals surface area (Å²) in [4.78, 5) is 14.5. The predicted octanol–water partition coefficient (Wildman–Crippen LogP) is 3.66. The number of aromatic nitrogens is 2. The van der Waals surface area contributed by atoms with Gasteiger partial charge in [-0.3, -0.25) is 9.69 Å². The topological polar surface area (TPSA) is 56.6 Å². The smallest absolute Gasteiger partial charge is 0.421 e. The lowest BCUT2D eigenvalue weighted by atomic mass is 10.0. The first-order chi connectivity index (χ1) is 13.9. The van der Waals surface area contributed by atoms with Gasteiger partial charge < -0.3 is 9.47 Å². The molecule has 1 unspecified atom stereocenters. The van der Waals surface area contributed by atoms with Gasteiger partial charge in [0.1, 0.15) is 5.56 Å². The van der Waals surface area contributed by atoms with Crippen molar-refractivity contribution >= 4 is 0 Å². The average Bonchev–Trinajstić information content (AvgIpc) is 3.24. The summed E-state index contributed by atoms with van der Waals surface area (Å²) in [5.41, 5.74) is -0.864. The Morgan fingerprint density at radius 1 is 1.10 bits per heavy atom. The Labute approximate surface area is 164 Å². The normalized spacial score (nSPS) is 21.7. The largest absolute Gasteiger partial charge is 0.454 e. The van der Waals surface area contributed by atoms with Gasteiger partial charge in [0.2, 0.25) is 6.79 Å². The number of alkyl halides is 3. The van der Waals surface area contributed by atoms with E-state index in [2.05, 4.69) is 5.10 Å². The molecule has 154 valence electrons. The summed E-state index contributed by atoms with van der Waals surface area (Å²) in [6, 6.07) is 6.60. The van der Waals surface area contributed by atoms with Crippen LogP contribution in [0.25, 0.3) is 0 Å². The Hall–Kier alpha value is -2.55. The molecule has 29 heavy (non-hydrogen) atoms. The van der Waals surface area contributed by atoms with Gasteiger partial charge in [0.05, 0.1) is 12.4 Å². The van der Waals surface area contributed by atoms with Crippen LogP contribution in [0.5, 0.6) is 11.5 Å². The van der Waals surface area contributed by atoms with Crippen LogP contribution in [0.3, 0.4) is 0 Å². The number of likely N-dealkylation sites (tertiary alicyclic amines) is 1. The summed E-state index contributed by atoms with van der Waals surface area (Å²) in [5, 5.41) is 4.28. The maximum atomic E-state index is 13.4. The Morgan fingerprint density at radius 2 is 1.90 bits per heavy atom. The van der Waals surface area contributed by atoms with E-state index in [1.807, 2.05) is 23.1 Å². The fraction of sp³-hybridized carbons (Fsp3) is 0.500. The molecule has 0 N–H and O–H groups in total. The molecule has 1 saturated carbocycles. The van der Waals surface area contributed by atoms with Gasteiger partial charge in [-0.15, -0.1) is 0 Å². The van der Waals surface area contributed by atoms with Crippen LogP contribution in [-0.4, -0.2) is 28.0 Å². The summed E-state index contributed by atoms with van der Waals surface area (Å²) >= 11 is 0. The van der Waals surface area contributed by atoms with Crippen LogP contribution >= 0.6 is 0 Å². The van der Waals surface area contributed by atoms with Crippen LogP contribution in [0.2, 0.25) is 0 Å². The van der Waals surface area contributed by atoms with Gasteiger partial charge >= 0.3 is 6.18 Å². The van der Waals surface area contributed by atoms with Gasteiger partial charge in [-0.2, -0.15) is 18.3 Å². The van der Waals surface area contributed by atoms with E-state index in [1.54, 1.807) is 0 Å². The molecule has 3 aliphatic rings. The maximum absolute atomic E-state index is 13.4. The van der Waals surface area contributed by atoms with Crippen LogP contribution in [0.1, 0.15) is 54.5 Å². The molecule has 1 aromatic carbocycles. The van der Waals surface area contributed by atoms with Crippen molar-refractivity contribution in [3.8, 4) is 11.5 Å². The van der Waals surface area contributed by atoms with Crippen molar-refractivity contribution in [1.82, 2.24) is 14.7 Å². The third-order valence-corrected chi connectivity index (χ3v) is 5.75. The third kappa shape index (κ3) is 3.48. The predicted molar refractivity (Wildman–Crippen MR) is 96.7 cm³/mol. The number of ether oxygens (including phenoxy) is 2. The van der Waals surface area contributed by atoms with Crippen molar-refractivity contribution < 1.29 is 22.6 Å². The van der Waals surface area contributed by atoms with E-state index in [0.717, 1.165) is 42.0 Å². The van der Waals surface area contributed by atoms with Gasteiger partial charge in [-0.05, 0) is 49.4 Å². The SMILES string of the molecule is O=c1c(C(F)(F)F)cc(C2CC2)nn1CN1CCCC1c1ccc2c(c1)OCO2. The summed E-state index contributed by atoms with van der Waals surface area (Å²) in [6.07, 6.45) is -1.32. The molecule has 0 bridgehead atoms. The summed E-state index contributed by atoms with van der Waals surface area (Å²) in [6.45, 7) is 0.893. The molecule has 1 atom stereocenters. The molecule has 1 saturated heterocycles. The summed E-state index contributed by atoms with van der Waals surface area (Å²) < 4.78 is 52.0. The number of fused-ring (bicyclic) bond motifs is 1. The lowest BCUT2D eigenvalue weighted by Crippen LogP contribution is -2.37. The Morgan fingerprint density at radius 3 is 2.66 bits per heavy atom. The Kier molecular flexibility index (Phi) is 4.31. The molecule has 0 radical (unpaired) electrons. The van der Waals surface area contributed by atoms with Crippen LogP contribution < -0.4 is 15.0 Å². The molecule has 1 aliphatic carbocycles. The fourth-order valence-electron chi connectivity index (χ4n) is 4.11. The van der Waals surface area contributed by atoms with Crippen LogP contribution in [0.4, 0.5) is 13.2 Å². The van der Waals surface area contributed by atoms with Crippen molar-refractivity contribution in [1.29, 1.82) is 0 Å². The zero-order chi connectivity index (χ0) is 20.2. The van der Waals surface area contributed by atoms with E-state index in [9.17, 15) is 18.0 Å². The number of nitrogens with zero attached hydrogens (tertiary/aromatic N) is 3. The van der Waals surface area contributed by atoms with Crippen LogP contribution in [0, 0.1) is 0 Å². The number of hydrogen-bond donors (Lipinski definition) is 0. The molecule has 2 aliphatic heterocycles. The van der Waals surface area contributed by atoms with E-state index in [4.69, 9.17) is 9.47 Å². The molecule has 5 rings (SSSR count). The van der Waals surface area contributed by atoms with Crippen molar-refractivity contribution in [2.45, 2.75) is 50.5 Å². The second-order valence-corrected chi connectivity index (χ2v) is 7.78. The molecule has 6 nitrogen and oxygen atoms in total. The van der Waals surface area contributed by atoms with Crippen LogP contribution in [-0.2, 0) is 12.8 Å². The van der Waals surface area contributed by atoms with E-state index in [0.29, 0.717) is 23.7 Å². The number of rotatable bonds is 4. The lowest BCUT2D eigenvalue weighted by molar-refractivity contribution is -0.139. The van der Waals surface area contributed by atoms with E-state index in [1.165, 1.54) is 0 Å². The molecule has 0 amide bonds.